The number of hydrogen-bond acceptors (Lipinski definition) is 4. The predicted octanol–water partition coefficient (Wildman–Crippen LogP) is 2.89. The van der Waals surface area contributed by atoms with Gasteiger partial charge in [0.25, 0.3) is 0 Å². The molecule has 0 heterocycles. The molecule has 6 heteroatoms. The summed E-state index contributed by atoms with van der Waals surface area (Å²) >= 11 is 0. The molecule has 0 fully saturated rings. The maximum Gasteiger partial charge on any atom is 0.305 e. The van der Waals surface area contributed by atoms with E-state index in [0.29, 0.717) is 18.9 Å². The Labute approximate surface area is 115 Å². The van der Waals surface area contributed by atoms with Gasteiger partial charge < -0.3 is 9.47 Å². The zero-order valence-electron chi connectivity index (χ0n) is 11.4. The van der Waals surface area contributed by atoms with Crippen LogP contribution in [0.5, 0.6) is 5.75 Å². The number of carbonyl (C=O) groups is 2. The van der Waals surface area contributed by atoms with Crippen molar-refractivity contribution in [1.82, 2.24) is 0 Å². The second kappa shape index (κ2) is 7.57. The van der Waals surface area contributed by atoms with E-state index in [-0.39, 0.29) is 30.1 Å². The molecule has 0 aliphatic heterocycles. The number of unbranched alkanes of at least 4 members (excludes halogenated alkanes) is 1. The first-order valence-electron chi connectivity index (χ1n) is 6.12. The third-order valence-electron chi connectivity index (χ3n) is 2.78. The standard InChI is InChI=1S/C14H16F2O4/c1-19-13(18)6-4-3-5-12(17)10-7-9(15)8-11(16)14(10)20-2/h7-8H,3-6H2,1-2H3. The lowest BCUT2D eigenvalue weighted by molar-refractivity contribution is -0.140. The van der Waals surface area contributed by atoms with Crippen LogP contribution in [0, 0.1) is 11.6 Å². The van der Waals surface area contributed by atoms with Gasteiger partial charge in [-0.1, -0.05) is 0 Å². The summed E-state index contributed by atoms with van der Waals surface area (Å²) in [6.07, 6.45) is 1.18. The van der Waals surface area contributed by atoms with Crippen LogP contribution in [0.2, 0.25) is 0 Å². The van der Waals surface area contributed by atoms with Crippen molar-refractivity contribution in [3.63, 3.8) is 0 Å². The van der Waals surface area contributed by atoms with Gasteiger partial charge in [-0.05, 0) is 18.9 Å². The molecular weight excluding hydrogens is 270 g/mol. The Morgan fingerprint density at radius 2 is 1.75 bits per heavy atom. The smallest absolute Gasteiger partial charge is 0.305 e. The Bertz CT molecular complexity index is 500. The van der Waals surface area contributed by atoms with Gasteiger partial charge in [-0.2, -0.15) is 0 Å². The summed E-state index contributed by atoms with van der Waals surface area (Å²) in [7, 11) is 2.50. The second-order valence-corrected chi connectivity index (χ2v) is 4.17. The van der Waals surface area contributed by atoms with Crippen LogP contribution in [-0.2, 0) is 9.53 Å². The molecule has 0 aliphatic carbocycles. The van der Waals surface area contributed by atoms with Crippen LogP contribution in [-0.4, -0.2) is 26.0 Å². The van der Waals surface area contributed by atoms with Crippen molar-refractivity contribution >= 4 is 11.8 Å². The van der Waals surface area contributed by atoms with Crippen LogP contribution in [0.3, 0.4) is 0 Å². The monoisotopic (exact) mass is 286 g/mol. The molecule has 0 bridgehead atoms. The Balaban J connectivity index is 2.66. The zero-order valence-corrected chi connectivity index (χ0v) is 11.4. The van der Waals surface area contributed by atoms with Crippen molar-refractivity contribution in [1.29, 1.82) is 0 Å². The second-order valence-electron chi connectivity index (χ2n) is 4.17. The van der Waals surface area contributed by atoms with E-state index >= 15 is 0 Å². The van der Waals surface area contributed by atoms with Gasteiger partial charge >= 0.3 is 5.97 Å². The summed E-state index contributed by atoms with van der Waals surface area (Å²) in [5, 5.41) is 0. The number of hydrogen-bond donors (Lipinski definition) is 0. The van der Waals surface area contributed by atoms with E-state index in [1.807, 2.05) is 0 Å². The molecule has 20 heavy (non-hydrogen) atoms. The van der Waals surface area contributed by atoms with Crippen molar-refractivity contribution in [3.8, 4) is 5.75 Å². The number of ether oxygens (including phenoxy) is 2. The van der Waals surface area contributed by atoms with E-state index in [1.165, 1.54) is 14.2 Å². The lowest BCUT2D eigenvalue weighted by atomic mass is 10.0. The highest BCUT2D eigenvalue weighted by molar-refractivity contribution is 5.98. The van der Waals surface area contributed by atoms with Crippen LogP contribution in [0.4, 0.5) is 8.78 Å². The van der Waals surface area contributed by atoms with E-state index in [1.54, 1.807) is 0 Å². The molecule has 0 aliphatic rings. The lowest BCUT2D eigenvalue weighted by Crippen LogP contribution is -2.06. The molecule has 0 saturated carbocycles. The summed E-state index contributed by atoms with van der Waals surface area (Å²) in [6, 6.07) is 1.61. The SMILES string of the molecule is COC(=O)CCCCC(=O)c1cc(F)cc(F)c1OC. The number of methoxy groups -OCH3 is 2. The third kappa shape index (κ3) is 4.29. The molecule has 0 radical (unpaired) electrons. The molecule has 0 unspecified atom stereocenters. The summed E-state index contributed by atoms with van der Waals surface area (Å²) in [5.74, 6) is -2.78. The molecular formula is C14H16F2O4. The predicted molar refractivity (Wildman–Crippen MR) is 67.7 cm³/mol. The van der Waals surface area contributed by atoms with Crippen molar-refractivity contribution in [3.05, 3.63) is 29.3 Å². The fourth-order valence-corrected chi connectivity index (χ4v) is 1.77. The molecule has 110 valence electrons. The third-order valence-corrected chi connectivity index (χ3v) is 2.78. The minimum Gasteiger partial charge on any atom is -0.493 e. The molecule has 1 aromatic rings. The van der Waals surface area contributed by atoms with E-state index in [4.69, 9.17) is 4.74 Å². The van der Waals surface area contributed by atoms with Crippen LogP contribution >= 0.6 is 0 Å². The van der Waals surface area contributed by atoms with Crippen LogP contribution in [0.25, 0.3) is 0 Å². The molecule has 1 rings (SSSR count). The molecule has 0 saturated heterocycles. The van der Waals surface area contributed by atoms with Crippen molar-refractivity contribution in [2.24, 2.45) is 0 Å². The molecule has 4 nitrogen and oxygen atoms in total. The Morgan fingerprint density at radius 3 is 2.35 bits per heavy atom. The van der Waals surface area contributed by atoms with Gasteiger partial charge in [0.2, 0.25) is 0 Å². The number of benzene rings is 1. The van der Waals surface area contributed by atoms with E-state index in [0.717, 1.165) is 6.07 Å². The Kier molecular flexibility index (Phi) is 6.09. The summed E-state index contributed by atoms with van der Waals surface area (Å²) in [5.41, 5.74) is -0.122. The number of rotatable bonds is 7. The lowest BCUT2D eigenvalue weighted by Gasteiger charge is -2.08. The number of esters is 1. The van der Waals surface area contributed by atoms with Gasteiger partial charge in [-0.15, -0.1) is 0 Å². The summed E-state index contributed by atoms with van der Waals surface area (Å²) in [4.78, 5) is 22.8. The normalized spacial score (nSPS) is 10.2. The zero-order chi connectivity index (χ0) is 15.1. The topological polar surface area (TPSA) is 52.6 Å². The average molecular weight is 286 g/mol. The first kappa shape index (κ1) is 16.1. The van der Waals surface area contributed by atoms with E-state index in [9.17, 15) is 18.4 Å². The number of ketones is 1. The molecule has 1 aromatic carbocycles. The number of Topliss-reactive ketones (excluding diaryl/α,β-unsaturated/α-hetero) is 1. The maximum atomic E-state index is 13.4. The van der Waals surface area contributed by atoms with Gasteiger partial charge in [0.1, 0.15) is 5.82 Å². The van der Waals surface area contributed by atoms with Gasteiger partial charge in [-0.25, -0.2) is 8.78 Å². The first-order chi connectivity index (χ1) is 9.49. The Morgan fingerprint density at radius 1 is 1.10 bits per heavy atom. The highest BCUT2D eigenvalue weighted by Crippen LogP contribution is 2.25. The van der Waals surface area contributed by atoms with E-state index in [2.05, 4.69) is 4.74 Å². The van der Waals surface area contributed by atoms with Crippen molar-refractivity contribution < 1.29 is 27.8 Å². The minimum absolute atomic E-state index is 0.0796. The van der Waals surface area contributed by atoms with E-state index < -0.39 is 17.4 Å². The van der Waals surface area contributed by atoms with Gasteiger partial charge in [0.05, 0.1) is 19.8 Å². The fourth-order valence-electron chi connectivity index (χ4n) is 1.77. The number of carbonyl (C=O) groups excluding carboxylic acids is 2. The molecule has 0 atom stereocenters. The largest absolute Gasteiger partial charge is 0.493 e. The number of halogens is 2. The molecule has 0 N–H and O–H groups in total. The van der Waals surface area contributed by atoms with Gasteiger partial charge in [0, 0.05) is 18.9 Å². The summed E-state index contributed by atoms with van der Waals surface area (Å²) < 4.78 is 35.8. The Hall–Kier alpha value is -1.98. The summed E-state index contributed by atoms with van der Waals surface area (Å²) in [6.45, 7) is 0. The average Bonchev–Trinajstić information content (AvgIpc) is 2.42. The molecule has 0 aromatic heterocycles. The first-order valence-corrected chi connectivity index (χ1v) is 6.12. The molecule has 0 spiro atoms. The quantitative estimate of drug-likeness (QED) is 0.439. The van der Waals surface area contributed by atoms with Crippen LogP contribution in [0.15, 0.2) is 12.1 Å². The van der Waals surface area contributed by atoms with Gasteiger partial charge in [0.15, 0.2) is 17.3 Å². The minimum atomic E-state index is -0.912. The highest BCUT2D eigenvalue weighted by atomic mass is 19.1. The van der Waals surface area contributed by atoms with Gasteiger partial charge in [-0.3, -0.25) is 9.59 Å². The molecule has 0 amide bonds. The van der Waals surface area contributed by atoms with Crippen LogP contribution < -0.4 is 4.74 Å². The highest BCUT2D eigenvalue weighted by Gasteiger charge is 2.18. The fraction of sp³-hybridized carbons (Fsp3) is 0.429. The van der Waals surface area contributed by atoms with Crippen molar-refractivity contribution in [2.75, 3.05) is 14.2 Å². The maximum absolute atomic E-state index is 13.4. The van der Waals surface area contributed by atoms with Crippen LogP contribution in [0.1, 0.15) is 36.0 Å². The van der Waals surface area contributed by atoms with Crippen molar-refractivity contribution in [2.45, 2.75) is 25.7 Å².